The molecule has 4 aromatic carbocycles. The molecule has 0 aromatic heterocycles. The van der Waals surface area contributed by atoms with Crippen LogP contribution in [0.25, 0.3) is 6.08 Å². The average molecular weight is 468 g/mol. The van der Waals surface area contributed by atoms with Crippen molar-refractivity contribution in [2.45, 2.75) is 19.8 Å². The smallest absolute Gasteiger partial charge is 0.235 e. The van der Waals surface area contributed by atoms with Crippen molar-refractivity contribution in [3.05, 3.63) is 142 Å². The third-order valence-corrected chi connectivity index (χ3v) is 5.16. The van der Waals surface area contributed by atoms with Crippen LogP contribution in [0.3, 0.4) is 0 Å². The van der Waals surface area contributed by atoms with Gasteiger partial charge < -0.3 is 14.2 Å². The molecule has 0 saturated heterocycles. The van der Waals surface area contributed by atoms with Crippen molar-refractivity contribution in [3.63, 3.8) is 0 Å². The second-order valence-corrected chi connectivity index (χ2v) is 7.76. The van der Waals surface area contributed by atoms with E-state index in [4.69, 9.17) is 14.2 Å². The van der Waals surface area contributed by atoms with Crippen molar-refractivity contribution in [2.75, 3.05) is 0 Å². The zero-order valence-corrected chi connectivity index (χ0v) is 19.1. The van der Waals surface area contributed by atoms with Crippen molar-refractivity contribution in [3.8, 4) is 17.2 Å². The normalized spacial score (nSPS) is 10.7. The molecule has 0 bridgehead atoms. The fourth-order valence-electron chi connectivity index (χ4n) is 3.38. The molecule has 0 saturated carbocycles. The summed E-state index contributed by atoms with van der Waals surface area (Å²) in [7, 11) is 0. The maximum absolute atomic E-state index is 11.0. The van der Waals surface area contributed by atoms with Gasteiger partial charge >= 0.3 is 0 Å². The van der Waals surface area contributed by atoms with E-state index in [-0.39, 0.29) is 0 Å². The van der Waals surface area contributed by atoms with Gasteiger partial charge in [0, 0.05) is 17.7 Å². The van der Waals surface area contributed by atoms with Gasteiger partial charge in [0.15, 0.2) is 11.5 Å². The molecule has 176 valence electrons. The molecule has 0 fully saturated rings. The number of rotatable bonds is 11. The van der Waals surface area contributed by atoms with E-state index in [2.05, 4.69) is 0 Å². The maximum atomic E-state index is 11.0. The maximum Gasteiger partial charge on any atom is 0.235 e. The van der Waals surface area contributed by atoms with Crippen LogP contribution in [-0.4, -0.2) is 4.92 Å². The van der Waals surface area contributed by atoms with Gasteiger partial charge in [0.1, 0.15) is 25.6 Å². The Labute approximate surface area is 204 Å². The predicted molar refractivity (Wildman–Crippen MR) is 135 cm³/mol. The zero-order valence-electron chi connectivity index (χ0n) is 19.1. The molecular formula is C29H25NO5. The summed E-state index contributed by atoms with van der Waals surface area (Å²) < 4.78 is 18.3. The Balaban J connectivity index is 1.64. The van der Waals surface area contributed by atoms with Gasteiger partial charge in [-0.05, 0) is 22.8 Å². The van der Waals surface area contributed by atoms with E-state index in [1.165, 1.54) is 6.08 Å². The summed E-state index contributed by atoms with van der Waals surface area (Å²) in [5.74, 6) is 1.42. The van der Waals surface area contributed by atoms with Gasteiger partial charge in [-0.15, -0.1) is 0 Å². The van der Waals surface area contributed by atoms with Crippen molar-refractivity contribution < 1.29 is 19.1 Å². The van der Waals surface area contributed by atoms with Gasteiger partial charge in [0.05, 0.1) is 4.92 Å². The quantitative estimate of drug-likeness (QED) is 0.182. The fraction of sp³-hybridized carbons (Fsp3) is 0.103. The first-order valence-electron chi connectivity index (χ1n) is 11.2. The molecule has 0 aliphatic heterocycles. The second-order valence-electron chi connectivity index (χ2n) is 7.76. The number of ether oxygens (including phenoxy) is 3. The zero-order chi connectivity index (χ0) is 24.3. The Hall–Kier alpha value is -4.58. The Bertz CT molecular complexity index is 1260. The van der Waals surface area contributed by atoms with E-state index in [1.54, 1.807) is 12.1 Å². The second kappa shape index (κ2) is 12.0. The number of hydrogen-bond donors (Lipinski definition) is 0. The van der Waals surface area contributed by atoms with E-state index < -0.39 is 4.92 Å². The van der Waals surface area contributed by atoms with Crippen molar-refractivity contribution >= 4 is 6.08 Å². The molecule has 4 aromatic rings. The highest BCUT2D eigenvalue weighted by atomic mass is 16.6. The number of nitro groups is 1. The van der Waals surface area contributed by atoms with Crippen LogP contribution in [0.15, 0.2) is 109 Å². The molecule has 0 aliphatic rings. The molecule has 0 radical (unpaired) electrons. The Morgan fingerprint density at radius 3 is 1.43 bits per heavy atom. The van der Waals surface area contributed by atoms with E-state index in [1.807, 2.05) is 91.0 Å². The molecule has 6 heteroatoms. The summed E-state index contributed by atoms with van der Waals surface area (Å²) >= 11 is 0. The summed E-state index contributed by atoms with van der Waals surface area (Å²) in [5.41, 5.74) is 3.50. The first-order valence-corrected chi connectivity index (χ1v) is 11.2. The number of hydrogen-bond acceptors (Lipinski definition) is 5. The predicted octanol–water partition coefficient (Wildman–Crippen LogP) is 6.67. The van der Waals surface area contributed by atoms with Crippen LogP contribution in [0.2, 0.25) is 0 Å². The van der Waals surface area contributed by atoms with Crippen LogP contribution in [-0.2, 0) is 19.8 Å². The highest BCUT2D eigenvalue weighted by Crippen LogP contribution is 2.37. The van der Waals surface area contributed by atoms with Crippen LogP contribution in [0.5, 0.6) is 17.2 Å². The molecule has 0 spiro atoms. The molecule has 0 aliphatic carbocycles. The molecule has 0 heterocycles. The number of nitrogens with zero attached hydrogens (tertiary/aromatic N) is 1. The van der Waals surface area contributed by atoms with E-state index in [9.17, 15) is 10.1 Å². The Morgan fingerprint density at radius 2 is 1.00 bits per heavy atom. The molecular weight excluding hydrogens is 442 g/mol. The lowest BCUT2D eigenvalue weighted by atomic mass is 10.1. The minimum atomic E-state index is -0.509. The average Bonchev–Trinajstić information content (AvgIpc) is 2.90. The molecule has 0 atom stereocenters. The molecule has 0 amide bonds. The molecule has 35 heavy (non-hydrogen) atoms. The van der Waals surface area contributed by atoms with Gasteiger partial charge in [-0.1, -0.05) is 91.0 Å². The topological polar surface area (TPSA) is 70.8 Å². The molecule has 0 unspecified atom stereocenters. The Morgan fingerprint density at radius 1 is 0.600 bits per heavy atom. The third kappa shape index (κ3) is 7.20. The minimum Gasteiger partial charge on any atom is -0.488 e. The van der Waals surface area contributed by atoms with E-state index >= 15 is 0 Å². The fourth-order valence-corrected chi connectivity index (χ4v) is 3.38. The summed E-state index contributed by atoms with van der Waals surface area (Å²) in [5, 5.41) is 11.0. The lowest BCUT2D eigenvalue weighted by molar-refractivity contribution is -0.400. The molecule has 4 rings (SSSR count). The van der Waals surface area contributed by atoms with Crippen LogP contribution in [0.1, 0.15) is 22.3 Å². The van der Waals surface area contributed by atoms with Crippen molar-refractivity contribution in [1.29, 1.82) is 0 Å². The van der Waals surface area contributed by atoms with Crippen LogP contribution in [0, 0.1) is 10.1 Å². The SMILES string of the molecule is O=[N+]([O-])C=Cc1cc(OCc2ccccc2)c(OCc2ccccc2)cc1OCc1ccccc1. The van der Waals surface area contributed by atoms with Gasteiger partial charge in [0.25, 0.3) is 0 Å². The van der Waals surface area contributed by atoms with Gasteiger partial charge in [0.2, 0.25) is 6.20 Å². The highest BCUT2D eigenvalue weighted by Gasteiger charge is 2.14. The van der Waals surface area contributed by atoms with Crippen LogP contribution in [0.4, 0.5) is 0 Å². The summed E-state index contributed by atoms with van der Waals surface area (Å²) in [4.78, 5) is 10.5. The van der Waals surface area contributed by atoms with Gasteiger partial charge in [-0.3, -0.25) is 10.1 Å². The highest BCUT2D eigenvalue weighted by molar-refractivity contribution is 5.63. The largest absolute Gasteiger partial charge is 0.488 e. The number of benzene rings is 4. The van der Waals surface area contributed by atoms with E-state index in [0.717, 1.165) is 22.9 Å². The van der Waals surface area contributed by atoms with E-state index in [0.29, 0.717) is 42.6 Å². The van der Waals surface area contributed by atoms with Crippen LogP contribution >= 0.6 is 0 Å². The van der Waals surface area contributed by atoms with Crippen molar-refractivity contribution in [2.24, 2.45) is 0 Å². The summed E-state index contributed by atoms with van der Waals surface area (Å²) in [6.07, 6.45) is 2.28. The first-order chi connectivity index (χ1) is 17.2. The summed E-state index contributed by atoms with van der Waals surface area (Å²) in [6.45, 7) is 0.971. The Kier molecular flexibility index (Phi) is 8.11. The minimum absolute atomic E-state index is 0.308. The lowest BCUT2D eigenvalue weighted by Crippen LogP contribution is -2.03. The van der Waals surface area contributed by atoms with Crippen molar-refractivity contribution in [1.82, 2.24) is 0 Å². The lowest BCUT2D eigenvalue weighted by Gasteiger charge is -2.17. The standard InChI is InChI=1S/C29H25NO5/c31-30(32)17-16-26-18-28(34-21-24-12-6-2-7-13-24)29(35-22-25-14-8-3-9-15-25)19-27(26)33-20-23-10-4-1-5-11-23/h1-19H,20-22H2. The first kappa shape index (κ1) is 23.6. The van der Waals surface area contributed by atoms with Crippen LogP contribution < -0.4 is 14.2 Å². The third-order valence-electron chi connectivity index (χ3n) is 5.16. The monoisotopic (exact) mass is 467 g/mol. The summed E-state index contributed by atoms with van der Waals surface area (Å²) in [6, 6.07) is 32.7. The van der Waals surface area contributed by atoms with Gasteiger partial charge in [-0.25, -0.2) is 0 Å². The molecule has 0 N–H and O–H groups in total. The molecule has 6 nitrogen and oxygen atoms in total. The van der Waals surface area contributed by atoms with Gasteiger partial charge in [-0.2, -0.15) is 0 Å².